The molecule has 0 saturated heterocycles. The molecule has 2 rings (SSSR count). The Bertz CT molecular complexity index is 499. The van der Waals surface area contributed by atoms with Crippen LogP contribution in [0.1, 0.15) is 37.2 Å². The smallest absolute Gasteiger partial charge is 0.423 e. The van der Waals surface area contributed by atoms with Crippen LogP contribution in [0.5, 0.6) is 5.75 Å². The number of ether oxygens (including phenoxy) is 1. The second-order valence-electron chi connectivity index (χ2n) is 5.79. The molecule has 1 atom stereocenters. The lowest BCUT2D eigenvalue weighted by Crippen LogP contribution is -2.23. The molecule has 0 aromatic heterocycles. The normalized spacial score (nSPS) is 24.1. The summed E-state index contributed by atoms with van der Waals surface area (Å²) in [6.07, 6.45) is -0.960. The second kappa shape index (κ2) is 7.00. The summed E-state index contributed by atoms with van der Waals surface area (Å²) >= 11 is 0. The number of hydrogen-bond acceptors (Lipinski definition) is 2. The molecular formula is C15H20F4O2Si. The summed E-state index contributed by atoms with van der Waals surface area (Å²) in [6.45, 7) is 2.17. The maximum atomic E-state index is 13.8. The van der Waals surface area contributed by atoms with E-state index in [0.29, 0.717) is 5.54 Å². The molecule has 1 aliphatic rings. The van der Waals surface area contributed by atoms with E-state index in [9.17, 15) is 17.6 Å². The molecule has 2 nitrogen and oxygen atoms in total. The highest BCUT2D eigenvalue weighted by atomic mass is 28.3. The van der Waals surface area contributed by atoms with Crippen LogP contribution >= 0.6 is 0 Å². The highest BCUT2D eigenvalue weighted by Gasteiger charge is 2.33. The molecule has 7 heteroatoms. The number of alkyl halides is 3. The van der Waals surface area contributed by atoms with Crippen molar-refractivity contribution in [3.8, 4) is 5.75 Å². The molecule has 22 heavy (non-hydrogen) atoms. The summed E-state index contributed by atoms with van der Waals surface area (Å²) in [5.74, 6) is -1.54. The van der Waals surface area contributed by atoms with Gasteiger partial charge >= 0.3 is 6.36 Å². The number of hydrogen-bond donors (Lipinski definition) is 0. The fraction of sp³-hybridized carbons (Fsp3) is 0.600. The largest absolute Gasteiger partial charge is 0.573 e. The maximum Gasteiger partial charge on any atom is 0.573 e. The van der Waals surface area contributed by atoms with Crippen molar-refractivity contribution in [2.24, 2.45) is 0 Å². The van der Waals surface area contributed by atoms with Crippen LogP contribution in [0.25, 0.3) is 0 Å². The molecule has 124 valence electrons. The van der Waals surface area contributed by atoms with Crippen molar-refractivity contribution in [3.63, 3.8) is 0 Å². The summed E-state index contributed by atoms with van der Waals surface area (Å²) in [6, 6.07) is 3.77. The van der Waals surface area contributed by atoms with E-state index >= 15 is 0 Å². The SMILES string of the molecule is CO[SiH](C)[C@H]1CC[C@H](c2ccc(OC(F)(F)F)c(F)c2)CC1. The predicted molar refractivity (Wildman–Crippen MR) is 78.1 cm³/mol. The Morgan fingerprint density at radius 3 is 2.27 bits per heavy atom. The van der Waals surface area contributed by atoms with Crippen molar-refractivity contribution in [2.45, 2.75) is 50.1 Å². The van der Waals surface area contributed by atoms with Gasteiger partial charge in [0.15, 0.2) is 20.6 Å². The fourth-order valence-electron chi connectivity index (χ4n) is 3.09. The summed E-state index contributed by atoms with van der Waals surface area (Å²) in [5.41, 5.74) is 1.37. The van der Waals surface area contributed by atoms with E-state index in [0.717, 1.165) is 37.3 Å². The Balaban J connectivity index is 2.01. The highest BCUT2D eigenvalue weighted by molar-refractivity contribution is 6.52. The van der Waals surface area contributed by atoms with Crippen LogP contribution in [0.3, 0.4) is 0 Å². The predicted octanol–water partition coefficient (Wildman–Crippen LogP) is 4.75. The second-order valence-corrected chi connectivity index (χ2v) is 8.61. The van der Waals surface area contributed by atoms with Gasteiger partial charge < -0.3 is 9.16 Å². The van der Waals surface area contributed by atoms with Crippen molar-refractivity contribution in [3.05, 3.63) is 29.6 Å². The average Bonchev–Trinajstić information content (AvgIpc) is 2.47. The molecule has 0 amide bonds. The number of benzene rings is 1. The summed E-state index contributed by atoms with van der Waals surface area (Å²) in [7, 11) is 0.602. The van der Waals surface area contributed by atoms with Gasteiger partial charge in [0.2, 0.25) is 0 Å². The van der Waals surface area contributed by atoms with E-state index in [2.05, 4.69) is 11.3 Å². The lowest BCUT2D eigenvalue weighted by Gasteiger charge is -2.31. The first-order valence-corrected chi connectivity index (χ1v) is 9.67. The molecule has 1 aromatic rings. The van der Waals surface area contributed by atoms with Crippen LogP contribution in [0.2, 0.25) is 12.1 Å². The number of rotatable bonds is 4. The highest BCUT2D eigenvalue weighted by Crippen LogP contribution is 2.41. The van der Waals surface area contributed by atoms with Crippen LogP contribution in [-0.4, -0.2) is 22.5 Å². The molecule has 0 N–H and O–H groups in total. The van der Waals surface area contributed by atoms with Crippen molar-refractivity contribution >= 4 is 9.04 Å². The first-order valence-electron chi connectivity index (χ1n) is 7.38. The van der Waals surface area contributed by atoms with Gasteiger partial charge in [-0.05, 0) is 48.5 Å². The van der Waals surface area contributed by atoms with Gasteiger partial charge in [-0.15, -0.1) is 13.2 Å². The zero-order valence-electron chi connectivity index (χ0n) is 12.6. The summed E-state index contributed by atoms with van der Waals surface area (Å²) in [5, 5.41) is 0. The Kier molecular flexibility index (Phi) is 5.49. The van der Waals surface area contributed by atoms with E-state index in [1.165, 1.54) is 12.1 Å². The average molecular weight is 336 g/mol. The summed E-state index contributed by atoms with van der Waals surface area (Å²) in [4.78, 5) is 0. The monoisotopic (exact) mass is 336 g/mol. The Hall–Kier alpha value is -1.08. The van der Waals surface area contributed by atoms with Crippen LogP contribution in [0.15, 0.2) is 18.2 Å². The standard InChI is InChI=1S/C15H20F4O2Si/c1-20-22(2)12-6-3-10(4-7-12)11-5-8-14(13(16)9-11)21-15(17,18)19/h5,8-10,12,22H,3-4,6-7H2,1-2H3/t10-,12-,22?. The third kappa shape index (κ3) is 4.46. The molecule has 1 aromatic carbocycles. The zero-order chi connectivity index (χ0) is 16.3. The van der Waals surface area contributed by atoms with E-state index in [4.69, 9.17) is 4.43 Å². The van der Waals surface area contributed by atoms with E-state index in [1.54, 1.807) is 7.11 Å². The van der Waals surface area contributed by atoms with Gasteiger partial charge in [-0.3, -0.25) is 0 Å². The van der Waals surface area contributed by atoms with Gasteiger partial charge in [0.25, 0.3) is 0 Å². The number of halogens is 4. The maximum absolute atomic E-state index is 13.8. The third-order valence-corrected chi connectivity index (χ3v) is 7.20. The third-order valence-electron chi connectivity index (χ3n) is 4.46. The van der Waals surface area contributed by atoms with Crippen molar-refractivity contribution in [1.29, 1.82) is 0 Å². The van der Waals surface area contributed by atoms with Crippen LogP contribution in [0, 0.1) is 5.82 Å². The molecule has 0 spiro atoms. The molecule has 0 radical (unpaired) electrons. The fourth-order valence-corrected chi connectivity index (χ4v) is 4.80. The zero-order valence-corrected chi connectivity index (χ0v) is 13.8. The molecule has 1 aliphatic carbocycles. The van der Waals surface area contributed by atoms with Crippen molar-refractivity contribution < 1.29 is 26.7 Å². The molecule has 1 saturated carbocycles. The minimum atomic E-state index is -4.87. The molecule has 0 aliphatic heterocycles. The molecule has 0 heterocycles. The quantitative estimate of drug-likeness (QED) is 0.583. The Morgan fingerprint density at radius 1 is 1.14 bits per heavy atom. The van der Waals surface area contributed by atoms with Crippen molar-refractivity contribution in [2.75, 3.05) is 7.11 Å². The molecular weight excluding hydrogens is 316 g/mol. The van der Waals surface area contributed by atoms with Gasteiger partial charge in [0, 0.05) is 7.11 Å². The van der Waals surface area contributed by atoms with Crippen LogP contribution in [-0.2, 0) is 4.43 Å². The minimum Gasteiger partial charge on any atom is -0.423 e. The lowest BCUT2D eigenvalue weighted by molar-refractivity contribution is -0.275. The molecule has 1 unspecified atom stereocenters. The molecule has 0 bridgehead atoms. The van der Waals surface area contributed by atoms with Gasteiger partial charge in [0.05, 0.1) is 0 Å². The molecule has 1 fully saturated rings. The van der Waals surface area contributed by atoms with E-state index < -0.39 is 27.0 Å². The van der Waals surface area contributed by atoms with Gasteiger partial charge in [-0.2, -0.15) is 0 Å². The van der Waals surface area contributed by atoms with Gasteiger partial charge in [-0.1, -0.05) is 18.9 Å². The minimum absolute atomic E-state index is 0.198. The van der Waals surface area contributed by atoms with Crippen LogP contribution in [0.4, 0.5) is 17.6 Å². The van der Waals surface area contributed by atoms with Gasteiger partial charge in [-0.25, -0.2) is 4.39 Å². The van der Waals surface area contributed by atoms with Crippen molar-refractivity contribution in [1.82, 2.24) is 0 Å². The first-order chi connectivity index (χ1) is 10.3. The van der Waals surface area contributed by atoms with E-state index in [-0.39, 0.29) is 5.92 Å². The Labute approximate surface area is 129 Å². The lowest BCUT2D eigenvalue weighted by atomic mass is 9.84. The summed E-state index contributed by atoms with van der Waals surface area (Å²) < 4.78 is 59.3. The van der Waals surface area contributed by atoms with Crippen LogP contribution < -0.4 is 4.74 Å². The van der Waals surface area contributed by atoms with Gasteiger partial charge in [0.1, 0.15) is 0 Å². The Morgan fingerprint density at radius 2 is 1.77 bits per heavy atom. The topological polar surface area (TPSA) is 18.5 Å². The van der Waals surface area contributed by atoms with E-state index in [1.807, 2.05) is 0 Å². The first kappa shape index (κ1) is 17.3.